The van der Waals surface area contributed by atoms with E-state index in [2.05, 4.69) is 15.0 Å². The van der Waals surface area contributed by atoms with E-state index in [4.69, 9.17) is 27.6 Å². The van der Waals surface area contributed by atoms with Crippen molar-refractivity contribution in [3.63, 3.8) is 0 Å². The number of nitrogens with two attached hydrogens (primary N) is 3. The molecule has 0 saturated heterocycles. The Morgan fingerprint density at radius 1 is 1.00 bits per heavy atom. The minimum Gasteiger partial charge on any atom is -0.443 e. The van der Waals surface area contributed by atoms with E-state index in [-0.39, 0.29) is 17.8 Å². The van der Waals surface area contributed by atoms with Gasteiger partial charge in [0.1, 0.15) is 0 Å². The molecule has 0 bridgehead atoms. The highest BCUT2D eigenvalue weighted by Gasteiger charge is 1.93. The van der Waals surface area contributed by atoms with E-state index in [9.17, 15) is 0 Å². The van der Waals surface area contributed by atoms with Crippen molar-refractivity contribution in [3.05, 3.63) is 0 Å². The fourth-order valence-corrected chi connectivity index (χ4v) is 0.427. The van der Waals surface area contributed by atoms with Crippen LogP contribution in [-0.4, -0.2) is 20.1 Å². The van der Waals surface area contributed by atoms with E-state index >= 15 is 0 Å². The van der Waals surface area contributed by atoms with Gasteiger partial charge in [0.25, 0.3) is 6.26 Å². The number of rotatable bonds is 0. The van der Waals surface area contributed by atoms with Gasteiger partial charge in [-0.3, -0.25) is 0 Å². The zero-order valence-electron chi connectivity index (χ0n) is 5.97. The molecule has 0 aliphatic heterocycles. The highest BCUT2D eigenvalue weighted by molar-refractivity contribution is 5.33. The first kappa shape index (κ1) is 9.70. The quantitative estimate of drug-likeness (QED) is 0.339. The molecule has 0 unspecified atom stereocenters. The van der Waals surface area contributed by atoms with Gasteiger partial charge in [-0.25, -0.2) is 0 Å². The van der Waals surface area contributed by atoms with Crippen LogP contribution in [0.5, 0.6) is 0 Å². The Morgan fingerprint density at radius 3 is 1.33 bits per heavy atom. The predicted octanol–water partition coefficient (Wildman–Crippen LogP) is -1.54. The van der Waals surface area contributed by atoms with Gasteiger partial charge in [0, 0.05) is 0 Å². The summed E-state index contributed by atoms with van der Waals surface area (Å²) < 4.78 is 0. The van der Waals surface area contributed by atoms with Gasteiger partial charge in [-0.1, -0.05) is 0 Å². The number of hydrogen-bond donors (Lipinski definition) is 4. The third-order valence-corrected chi connectivity index (χ3v) is 0.687. The average molecular weight is 169 g/mol. The average Bonchev–Trinajstić information content (AvgIpc) is 1.84. The van der Waals surface area contributed by atoms with Crippen LogP contribution in [0.15, 0.2) is 0 Å². The van der Waals surface area contributed by atoms with Gasteiger partial charge < -0.3 is 22.3 Å². The van der Waals surface area contributed by atoms with Crippen molar-refractivity contribution in [1.29, 1.82) is 5.26 Å². The number of aliphatic hydroxyl groups is 1. The second-order valence-corrected chi connectivity index (χ2v) is 1.51. The molecule has 0 atom stereocenters. The Labute approximate surface area is 67.7 Å². The van der Waals surface area contributed by atoms with Crippen molar-refractivity contribution in [2.75, 3.05) is 17.2 Å². The summed E-state index contributed by atoms with van der Waals surface area (Å²) in [6, 6.07) is 0. The number of nitrogen functional groups attached to an aromatic ring is 3. The maximum absolute atomic E-state index is 6.88. The van der Waals surface area contributed by atoms with Crippen LogP contribution in [0.3, 0.4) is 0 Å². The number of hydrogen-bond acceptors (Lipinski definition) is 8. The van der Waals surface area contributed by atoms with Crippen LogP contribution in [0.4, 0.5) is 17.8 Å². The van der Waals surface area contributed by atoms with Crippen molar-refractivity contribution >= 4 is 17.8 Å². The summed E-state index contributed by atoms with van der Waals surface area (Å²) in [6.07, 6.45) is 0.750. The number of nitrogens with zero attached hydrogens (tertiary/aromatic N) is 4. The normalized spacial score (nSPS) is 7.58. The maximum atomic E-state index is 6.88. The van der Waals surface area contributed by atoms with E-state index in [0.29, 0.717) is 0 Å². The first-order valence-electron chi connectivity index (χ1n) is 2.65. The molecule has 1 rings (SSSR count). The van der Waals surface area contributed by atoms with Crippen LogP contribution in [0.2, 0.25) is 0 Å². The fraction of sp³-hybridized carbons (Fsp3) is 0. The van der Waals surface area contributed by atoms with Crippen LogP contribution in [0, 0.1) is 11.5 Å². The molecule has 0 fully saturated rings. The van der Waals surface area contributed by atoms with Gasteiger partial charge in [-0.05, 0) is 0 Å². The summed E-state index contributed by atoms with van der Waals surface area (Å²) in [6.45, 7) is 0. The first-order valence-corrected chi connectivity index (χ1v) is 2.65. The minimum absolute atomic E-state index is 0.0417. The smallest absolute Gasteiger partial charge is 0.283 e. The fourth-order valence-electron chi connectivity index (χ4n) is 0.427. The largest absolute Gasteiger partial charge is 0.443 e. The van der Waals surface area contributed by atoms with Gasteiger partial charge in [0.05, 0.1) is 0 Å². The molecule has 0 aliphatic rings. The third kappa shape index (κ3) is 3.67. The lowest BCUT2D eigenvalue weighted by Crippen LogP contribution is -2.05. The van der Waals surface area contributed by atoms with Crippen LogP contribution < -0.4 is 17.2 Å². The first-order chi connectivity index (χ1) is 5.60. The summed E-state index contributed by atoms with van der Waals surface area (Å²) in [5, 5.41) is 13.8. The highest BCUT2D eigenvalue weighted by Crippen LogP contribution is 1.97. The zero-order valence-corrected chi connectivity index (χ0v) is 5.97. The molecule has 1 aromatic heterocycles. The number of nitriles is 1. The molecule has 12 heavy (non-hydrogen) atoms. The van der Waals surface area contributed by atoms with Crippen LogP contribution in [0.1, 0.15) is 0 Å². The molecular formula is C4H7N7O. The zero-order chi connectivity index (χ0) is 9.56. The molecule has 0 amide bonds. The standard InChI is InChI=1S/C3H6N6.CHNO/c4-1-7-2(5)9-3(6)8-1;2-1-3/h(H6,4,5,6,7,8,9);3H. The van der Waals surface area contributed by atoms with Crippen molar-refractivity contribution in [2.24, 2.45) is 0 Å². The summed E-state index contributed by atoms with van der Waals surface area (Å²) in [4.78, 5) is 10.5. The molecule has 0 saturated carbocycles. The van der Waals surface area contributed by atoms with Crippen molar-refractivity contribution in [1.82, 2.24) is 15.0 Å². The minimum atomic E-state index is 0.0417. The van der Waals surface area contributed by atoms with E-state index < -0.39 is 0 Å². The topological polar surface area (TPSA) is 161 Å². The molecular weight excluding hydrogens is 162 g/mol. The molecule has 0 aromatic carbocycles. The van der Waals surface area contributed by atoms with Crippen LogP contribution in [-0.2, 0) is 0 Å². The molecule has 8 nitrogen and oxygen atoms in total. The predicted molar refractivity (Wildman–Crippen MR) is 40.6 cm³/mol. The Hall–Kier alpha value is -2.30. The lowest BCUT2D eigenvalue weighted by atomic mass is 10.9. The van der Waals surface area contributed by atoms with E-state index in [1.165, 1.54) is 0 Å². The Bertz CT molecular complexity index is 241. The second kappa shape index (κ2) is 4.51. The summed E-state index contributed by atoms with van der Waals surface area (Å²) in [7, 11) is 0. The number of anilines is 3. The molecule has 7 N–H and O–H groups in total. The molecule has 64 valence electrons. The van der Waals surface area contributed by atoms with Crippen LogP contribution >= 0.6 is 0 Å². The molecule has 1 aromatic rings. The van der Waals surface area contributed by atoms with Gasteiger partial charge >= 0.3 is 0 Å². The monoisotopic (exact) mass is 169 g/mol. The third-order valence-electron chi connectivity index (χ3n) is 0.687. The van der Waals surface area contributed by atoms with Gasteiger partial charge in [0.15, 0.2) is 0 Å². The molecule has 1 heterocycles. The van der Waals surface area contributed by atoms with E-state index in [1.807, 2.05) is 0 Å². The van der Waals surface area contributed by atoms with E-state index in [1.54, 1.807) is 0 Å². The highest BCUT2D eigenvalue weighted by atomic mass is 16.2. The summed E-state index contributed by atoms with van der Waals surface area (Å²) in [5.74, 6) is 0.125. The van der Waals surface area contributed by atoms with Crippen molar-refractivity contribution in [2.45, 2.75) is 0 Å². The number of aliphatic hydroxyl groups excluding tert-OH is 1. The Morgan fingerprint density at radius 2 is 1.17 bits per heavy atom. The second-order valence-electron chi connectivity index (χ2n) is 1.51. The van der Waals surface area contributed by atoms with Gasteiger partial charge in [0.2, 0.25) is 17.8 Å². The van der Waals surface area contributed by atoms with Gasteiger partial charge in [-0.2, -0.15) is 20.2 Å². The van der Waals surface area contributed by atoms with Crippen LogP contribution in [0.25, 0.3) is 0 Å². The van der Waals surface area contributed by atoms with Crippen molar-refractivity contribution < 1.29 is 5.11 Å². The van der Waals surface area contributed by atoms with Gasteiger partial charge in [-0.15, -0.1) is 0 Å². The lowest BCUT2D eigenvalue weighted by Gasteiger charge is -1.93. The SMILES string of the molecule is N#CO.Nc1nc(N)nc(N)n1. The molecule has 0 spiro atoms. The number of aromatic nitrogens is 3. The lowest BCUT2D eigenvalue weighted by molar-refractivity contribution is 0.503. The Kier molecular flexibility index (Phi) is 3.64. The maximum Gasteiger partial charge on any atom is 0.283 e. The molecule has 0 aliphatic carbocycles. The van der Waals surface area contributed by atoms with E-state index in [0.717, 1.165) is 6.26 Å². The Balaban J connectivity index is 0.000000354. The molecule has 8 heteroatoms. The van der Waals surface area contributed by atoms with Crippen molar-refractivity contribution in [3.8, 4) is 6.26 Å². The molecule has 0 radical (unpaired) electrons. The summed E-state index contributed by atoms with van der Waals surface area (Å²) in [5.41, 5.74) is 15.4. The summed E-state index contributed by atoms with van der Waals surface area (Å²) >= 11 is 0.